The second-order valence-electron chi connectivity index (χ2n) is 3.55. The topological polar surface area (TPSA) is 56.5 Å². The molecule has 4 heteroatoms. The summed E-state index contributed by atoms with van der Waals surface area (Å²) in [6.45, 7) is 5.74. The highest BCUT2D eigenvalue weighted by atomic mass is 16.7. The lowest BCUT2D eigenvalue weighted by atomic mass is 10.1. The number of ether oxygens (including phenoxy) is 2. The van der Waals surface area contributed by atoms with Gasteiger partial charge in [0, 0.05) is 12.5 Å². The third kappa shape index (κ3) is 3.23. The molecule has 3 atom stereocenters. The minimum absolute atomic E-state index is 0.0789. The van der Waals surface area contributed by atoms with Crippen LogP contribution in [0.3, 0.4) is 0 Å². The summed E-state index contributed by atoms with van der Waals surface area (Å²) in [7, 11) is 0. The number of rotatable bonds is 4. The molecule has 3 unspecified atom stereocenters. The van der Waals surface area contributed by atoms with Gasteiger partial charge in [-0.3, -0.25) is 11.3 Å². The molecule has 4 nitrogen and oxygen atoms in total. The first-order chi connectivity index (χ1) is 6.27. The molecule has 1 aliphatic rings. The SMILES string of the molecule is CCC(CNN)C1OCCC(C)O1. The molecule has 0 aromatic heterocycles. The zero-order chi connectivity index (χ0) is 9.68. The van der Waals surface area contributed by atoms with Gasteiger partial charge < -0.3 is 9.47 Å². The first-order valence-corrected chi connectivity index (χ1v) is 4.98. The summed E-state index contributed by atoms with van der Waals surface area (Å²) in [6, 6.07) is 0. The van der Waals surface area contributed by atoms with Crippen LogP contribution in [0.5, 0.6) is 0 Å². The van der Waals surface area contributed by atoms with Crippen LogP contribution in [-0.2, 0) is 9.47 Å². The largest absolute Gasteiger partial charge is 0.352 e. The Kier molecular flexibility index (Phi) is 4.66. The molecule has 1 fully saturated rings. The lowest BCUT2D eigenvalue weighted by Crippen LogP contribution is -2.41. The highest BCUT2D eigenvalue weighted by Crippen LogP contribution is 2.20. The second-order valence-corrected chi connectivity index (χ2v) is 3.55. The van der Waals surface area contributed by atoms with E-state index in [-0.39, 0.29) is 6.29 Å². The lowest BCUT2D eigenvalue weighted by molar-refractivity contribution is -0.230. The van der Waals surface area contributed by atoms with Gasteiger partial charge in [0.05, 0.1) is 12.7 Å². The maximum Gasteiger partial charge on any atom is 0.161 e. The molecule has 13 heavy (non-hydrogen) atoms. The van der Waals surface area contributed by atoms with E-state index in [1.54, 1.807) is 0 Å². The zero-order valence-corrected chi connectivity index (χ0v) is 8.45. The average Bonchev–Trinajstić information content (AvgIpc) is 2.14. The van der Waals surface area contributed by atoms with Crippen molar-refractivity contribution < 1.29 is 9.47 Å². The van der Waals surface area contributed by atoms with Crippen LogP contribution in [0.15, 0.2) is 0 Å². The Bertz CT molecular complexity index is 144. The fraction of sp³-hybridized carbons (Fsp3) is 1.00. The molecule has 1 aliphatic heterocycles. The third-order valence-corrected chi connectivity index (χ3v) is 2.46. The molecule has 0 aromatic rings. The molecule has 0 spiro atoms. The van der Waals surface area contributed by atoms with E-state index >= 15 is 0 Å². The molecule has 0 bridgehead atoms. The smallest absolute Gasteiger partial charge is 0.161 e. The van der Waals surface area contributed by atoms with Crippen LogP contribution in [0.25, 0.3) is 0 Å². The number of nitrogens with two attached hydrogens (primary N) is 1. The van der Waals surface area contributed by atoms with E-state index < -0.39 is 0 Å². The van der Waals surface area contributed by atoms with Gasteiger partial charge in [-0.25, -0.2) is 0 Å². The monoisotopic (exact) mass is 188 g/mol. The highest BCUT2D eigenvalue weighted by Gasteiger charge is 2.26. The maximum atomic E-state index is 5.67. The first kappa shape index (κ1) is 10.9. The van der Waals surface area contributed by atoms with Crippen LogP contribution >= 0.6 is 0 Å². The van der Waals surface area contributed by atoms with Crippen molar-refractivity contribution in [3.63, 3.8) is 0 Å². The second kappa shape index (κ2) is 5.54. The highest BCUT2D eigenvalue weighted by molar-refractivity contribution is 4.68. The summed E-state index contributed by atoms with van der Waals surface area (Å²) in [6.07, 6.45) is 2.24. The molecule has 0 amide bonds. The molecule has 1 rings (SSSR count). The Morgan fingerprint density at radius 3 is 2.92 bits per heavy atom. The van der Waals surface area contributed by atoms with Crippen LogP contribution in [-0.4, -0.2) is 25.5 Å². The van der Waals surface area contributed by atoms with Gasteiger partial charge in [-0.1, -0.05) is 6.92 Å². The van der Waals surface area contributed by atoms with Gasteiger partial charge >= 0.3 is 0 Å². The van der Waals surface area contributed by atoms with Gasteiger partial charge in [-0.2, -0.15) is 0 Å². The standard InChI is InChI=1S/C9H20N2O2/c1-3-8(6-11-10)9-12-5-4-7(2)13-9/h7-9,11H,3-6,10H2,1-2H3. The predicted molar refractivity (Wildman–Crippen MR) is 50.9 cm³/mol. The molecule has 0 saturated carbocycles. The minimum atomic E-state index is -0.0789. The van der Waals surface area contributed by atoms with E-state index in [2.05, 4.69) is 19.3 Å². The van der Waals surface area contributed by atoms with E-state index in [1.807, 2.05) is 0 Å². The first-order valence-electron chi connectivity index (χ1n) is 4.98. The molecule has 3 N–H and O–H groups in total. The van der Waals surface area contributed by atoms with Crippen molar-refractivity contribution in [3.8, 4) is 0 Å². The van der Waals surface area contributed by atoms with E-state index in [4.69, 9.17) is 15.3 Å². The van der Waals surface area contributed by atoms with Gasteiger partial charge in [-0.15, -0.1) is 0 Å². The summed E-state index contributed by atoms with van der Waals surface area (Å²) in [5.74, 6) is 5.64. The van der Waals surface area contributed by atoms with Crippen molar-refractivity contribution in [3.05, 3.63) is 0 Å². The van der Waals surface area contributed by atoms with Gasteiger partial charge in [-0.05, 0) is 19.8 Å². The molecule has 0 radical (unpaired) electrons. The Hall–Kier alpha value is -0.160. The minimum Gasteiger partial charge on any atom is -0.352 e. The number of hydrogen-bond acceptors (Lipinski definition) is 4. The van der Waals surface area contributed by atoms with E-state index in [1.165, 1.54) is 0 Å². The van der Waals surface area contributed by atoms with Crippen molar-refractivity contribution in [2.24, 2.45) is 11.8 Å². The third-order valence-electron chi connectivity index (χ3n) is 2.46. The Balaban J connectivity index is 2.37. The Labute approximate surface area is 79.7 Å². The molecule has 0 aliphatic carbocycles. The molecule has 78 valence electrons. The van der Waals surface area contributed by atoms with E-state index in [0.29, 0.717) is 12.0 Å². The Morgan fingerprint density at radius 1 is 1.62 bits per heavy atom. The van der Waals surface area contributed by atoms with E-state index in [9.17, 15) is 0 Å². The Morgan fingerprint density at radius 2 is 2.38 bits per heavy atom. The van der Waals surface area contributed by atoms with Gasteiger partial charge in [0.25, 0.3) is 0 Å². The van der Waals surface area contributed by atoms with Crippen molar-refractivity contribution in [1.29, 1.82) is 0 Å². The van der Waals surface area contributed by atoms with Crippen molar-refractivity contribution in [2.45, 2.75) is 39.1 Å². The van der Waals surface area contributed by atoms with Gasteiger partial charge in [0.1, 0.15) is 0 Å². The summed E-state index contributed by atoms with van der Waals surface area (Å²) in [4.78, 5) is 0. The molecule has 1 saturated heterocycles. The summed E-state index contributed by atoms with van der Waals surface area (Å²) in [5.41, 5.74) is 2.67. The van der Waals surface area contributed by atoms with Crippen LogP contribution < -0.4 is 11.3 Å². The fourth-order valence-electron chi connectivity index (χ4n) is 1.52. The molecular formula is C9H20N2O2. The normalized spacial score (nSPS) is 31.6. The average molecular weight is 188 g/mol. The zero-order valence-electron chi connectivity index (χ0n) is 8.45. The van der Waals surface area contributed by atoms with Crippen molar-refractivity contribution in [2.75, 3.05) is 13.2 Å². The maximum absolute atomic E-state index is 5.67. The number of hydrazine groups is 1. The van der Waals surface area contributed by atoms with Crippen LogP contribution in [0.2, 0.25) is 0 Å². The number of hydrogen-bond donors (Lipinski definition) is 2. The summed E-state index contributed by atoms with van der Waals surface area (Å²) in [5, 5.41) is 0. The van der Waals surface area contributed by atoms with Crippen molar-refractivity contribution >= 4 is 0 Å². The number of nitrogens with one attached hydrogen (secondary N) is 1. The lowest BCUT2D eigenvalue weighted by Gasteiger charge is -2.33. The van der Waals surface area contributed by atoms with Crippen LogP contribution in [0, 0.1) is 5.92 Å². The predicted octanol–water partition coefficient (Wildman–Crippen LogP) is 0.627. The van der Waals surface area contributed by atoms with Gasteiger partial charge in [0.15, 0.2) is 6.29 Å². The molecule has 0 aromatic carbocycles. The quantitative estimate of drug-likeness (QED) is 0.502. The van der Waals surface area contributed by atoms with Crippen LogP contribution in [0.4, 0.5) is 0 Å². The summed E-state index contributed by atoms with van der Waals surface area (Å²) >= 11 is 0. The van der Waals surface area contributed by atoms with E-state index in [0.717, 1.165) is 26.0 Å². The fourth-order valence-corrected chi connectivity index (χ4v) is 1.52. The van der Waals surface area contributed by atoms with Crippen molar-refractivity contribution in [1.82, 2.24) is 5.43 Å². The molecular weight excluding hydrogens is 168 g/mol. The summed E-state index contributed by atoms with van der Waals surface area (Å²) < 4.78 is 11.2. The molecule has 1 heterocycles. The van der Waals surface area contributed by atoms with Gasteiger partial charge in [0.2, 0.25) is 0 Å². The van der Waals surface area contributed by atoms with Crippen LogP contribution in [0.1, 0.15) is 26.7 Å².